The molecule has 0 atom stereocenters. The lowest BCUT2D eigenvalue weighted by atomic mass is 10.2. The summed E-state index contributed by atoms with van der Waals surface area (Å²) >= 11 is 1.68. The van der Waals surface area contributed by atoms with E-state index in [1.165, 1.54) is 4.88 Å². The number of amides is 1. The molecule has 0 radical (unpaired) electrons. The minimum absolute atomic E-state index is 0.0492. The van der Waals surface area contributed by atoms with Gasteiger partial charge in [0.1, 0.15) is 0 Å². The Bertz CT molecular complexity index is 492. The van der Waals surface area contributed by atoms with Gasteiger partial charge in [-0.15, -0.1) is 11.3 Å². The molecule has 0 fully saturated rings. The first-order valence-electron chi connectivity index (χ1n) is 5.78. The Morgan fingerprint density at radius 2 is 2.44 bits per heavy atom. The number of carbonyl (C=O) groups is 1. The quantitative estimate of drug-likeness (QED) is 0.690. The number of rotatable bonds is 6. The van der Waals surface area contributed by atoms with E-state index in [2.05, 4.69) is 26.9 Å². The fourth-order valence-corrected chi connectivity index (χ4v) is 2.38. The molecule has 0 aliphatic rings. The fourth-order valence-electron chi connectivity index (χ4n) is 1.63. The smallest absolute Gasteiger partial charge is 0.221 e. The number of aromatic nitrogens is 2. The minimum Gasteiger partial charge on any atom is -0.359 e. The van der Waals surface area contributed by atoms with E-state index in [0.717, 1.165) is 11.3 Å². The van der Waals surface area contributed by atoms with Gasteiger partial charge in [0.2, 0.25) is 5.91 Å². The standard InChI is InChI=1S/C12H16N4OS/c1-13-11(17)4-5-14-7-9-8-15-16-12(9)10-3-2-6-18-10/h2-3,6,8,14H,4-5,7H2,1H3,(H,13,17)(H,15,16). The molecule has 0 aliphatic heterocycles. The van der Waals surface area contributed by atoms with Crippen LogP contribution in [-0.2, 0) is 11.3 Å². The van der Waals surface area contributed by atoms with Crippen molar-refractivity contribution in [3.63, 3.8) is 0 Å². The highest BCUT2D eigenvalue weighted by Crippen LogP contribution is 2.25. The third kappa shape index (κ3) is 3.18. The highest BCUT2D eigenvalue weighted by Gasteiger charge is 2.08. The van der Waals surface area contributed by atoms with Crippen molar-refractivity contribution in [2.75, 3.05) is 13.6 Å². The Morgan fingerprint density at radius 1 is 1.56 bits per heavy atom. The number of H-pyrrole nitrogens is 1. The van der Waals surface area contributed by atoms with Gasteiger partial charge in [-0.3, -0.25) is 9.89 Å². The lowest BCUT2D eigenvalue weighted by Gasteiger charge is -2.04. The molecule has 5 nitrogen and oxygen atoms in total. The van der Waals surface area contributed by atoms with Gasteiger partial charge in [-0.25, -0.2) is 0 Å². The maximum atomic E-state index is 11.1. The van der Waals surface area contributed by atoms with E-state index in [0.29, 0.717) is 19.5 Å². The Labute approximate surface area is 110 Å². The van der Waals surface area contributed by atoms with E-state index < -0.39 is 0 Å². The van der Waals surface area contributed by atoms with Crippen LogP contribution in [0.4, 0.5) is 0 Å². The summed E-state index contributed by atoms with van der Waals surface area (Å²) in [5, 5.41) is 15.0. The Morgan fingerprint density at radius 3 is 3.17 bits per heavy atom. The second-order valence-electron chi connectivity index (χ2n) is 3.85. The third-order valence-electron chi connectivity index (χ3n) is 2.61. The van der Waals surface area contributed by atoms with Crippen LogP contribution in [0.1, 0.15) is 12.0 Å². The zero-order chi connectivity index (χ0) is 12.8. The molecule has 3 N–H and O–H groups in total. The van der Waals surface area contributed by atoms with Gasteiger partial charge in [0.15, 0.2) is 0 Å². The first kappa shape index (κ1) is 12.8. The predicted octanol–water partition coefficient (Wildman–Crippen LogP) is 1.36. The molecule has 0 spiro atoms. The zero-order valence-corrected chi connectivity index (χ0v) is 11.0. The molecule has 1 amide bonds. The first-order valence-corrected chi connectivity index (χ1v) is 6.66. The number of thiophene rings is 1. The second kappa shape index (κ2) is 6.32. The molecule has 0 aliphatic carbocycles. The number of carbonyl (C=O) groups excluding carboxylic acids is 1. The van der Waals surface area contributed by atoms with E-state index in [1.807, 2.05) is 17.6 Å². The third-order valence-corrected chi connectivity index (χ3v) is 3.50. The molecular weight excluding hydrogens is 248 g/mol. The first-order chi connectivity index (χ1) is 8.81. The number of hydrogen-bond acceptors (Lipinski definition) is 4. The fraction of sp³-hybridized carbons (Fsp3) is 0.333. The monoisotopic (exact) mass is 264 g/mol. The van der Waals surface area contributed by atoms with Crippen molar-refractivity contribution in [1.29, 1.82) is 0 Å². The van der Waals surface area contributed by atoms with Crippen molar-refractivity contribution in [1.82, 2.24) is 20.8 Å². The molecule has 0 bridgehead atoms. The van der Waals surface area contributed by atoms with Crippen LogP contribution in [0.15, 0.2) is 23.7 Å². The van der Waals surface area contributed by atoms with Crippen LogP contribution in [0.3, 0.4) is 0 Å². The van der Waals surface area contributed by atoms with Gasteiger partial charge in [0.25, 0.3) is 0 Å². The summed E-state index contributed by atoms with van der Waals surface area (Å²) < 4.78 is 0. The molecule has 2 rings (SSSR count). The lowest BCUT2D eigenvalue weighted by Crippen LogP contribution is -2.24. The molecule has 0 saturated carbocycles. The van der Waals surface area contributed by atoms with Crippen LogP contribution in [0.25, 0.3) is 10.6 Å². The Hall–Kier alpha value is -1.66. The van der Waals surface area contributed by atoms with Gasteiger partial charge >= 0.3 is 0 Å². The van der Waals surface area contributed by atoms with Crippen LogP contribution in [-0.4, -0.2) is 29.7 Å². The van der Waals surface area contributed by atoms with Crippen molar-refractivity contribution in [2.45, 2.75) is 13.0 Å². The van der Waals surface area contributed by atoms with Gasteiger partial charge in [0.05, 0.1) is 16.8 Å². The zero-order valence-electron chi connectivity index (χ0n) is 10.2. The van der Waals surface area contributed by atoms with E-state index >= 15 is 0 Å². The lowest BCUT2D eigenvalue weighted by molar-refractivity contribution is -0.120. The second-order valence-corrected chi connectivity index (χ2v) is 4.80. The van der Waals surface area contributed by atoms with Crippen molar-refractivity contribution >= 4 is 17.2 Å². The van der Waals surface area contributed by atoms with Crippen LogP contribution in [0.5, 0.6) is 0 Å². The average molecular weight is 264 g/mol. The number of nitrogens with one attached hydrogen (secondary N) is 3. The average Bonchev–Trinajstić information content (AvgIpc) is 3.04. The van der Waals surface area contributed by atoms with E-state index in [-0.39, 0.29) is 5.91 Å². The van der Waals surface area contributed by atoms with Crippen molar-refractivity contribution in [3.8, 4) is 10.6 Å². The summed E-state index contributed by atoms with van der Waals surface area (Å²) in [5.74, 6) is 0.0492. The summed E-state index contributed by atoms with van der Waals surface area (Å²) in [4.78, 5) is 12.2. The molecule has 0 unspecified atom stereocenters. The Balaban J connectivity index is 1.87. The van der Waals surface area contributed by atoms with Crippen molar-refractivity contribution in [3.05, 3.63) is 29.3 Å². The summed E-state index contributed by atoms with van der Waals surface area (Å²) in [7, 11) is 1.65. The SMILES string of the molecule is CNC(=O)CCNCc1cn[nH]c1-c1cccs1. The van der Waals surface area contributed by atoms with Gasteiger partial charge in [-0.2, -0.15) is 5.10 Å². The molecular formula is C12H16N4OS. The normalized spacial score (nSPS) is 10.5. The molecule has 18 heavy (non-hydrogen) atoms. The van der Waals surface area contributed by atoms with Gasteiger partial charge in [0, 0.05) is 32.1 Å². The van der Waals surface area contributed by atoms with Crippen molar-refractivity contribution < 1.29 is 4.79 Å². The molecule has 2 aromatic heterocycles. The molecule has 6 heteroatoms. The predicted molar refractivity (Wildman–Crippen MR) is 72.3 cm³/mol. The molecule has 0 saturated heterocycles. The van der Waals surface area contributed by atoms with E-state index in [1.54, 1.807) is 18.4 Å². The van der Waals surface area contributed by atoms with Gasteiger partial charge in [-0.05, 0) is 11.4 Å². The van der Waals surface area contributed by atoms with Crippen LogP contribution >= 0.6 is 11.3 Å². The summed E-state index contributed by atoms with van der Waals surface area (Å²) in [5.41, 5.74) is 2.17. The maximum Gasteiger partial charge on any atom is 0.221 e. The summed E-state index contributed by atoms with van der Waals surface area (Å²) in [6.07, 6.45) is 2.31. The molecule has 2 heterocycles. The summed E-state index contributed by atoms with van der Waals surface area (Å²) in [6, 6.07) is 4.08. The highest BCUT2D eigenvalue weighted by molar-refractivity contribution is 7.13. The van der Waals surface area contributed by atoms with Gasteiger partial charge in [-0.1, -0.05) is 6.07 Å². The largest absolute Gasteiger partial charge is 0.359 e. The van der Waals surface area contributed by atoms with Crippen molar-refractivity contribution in [2.24, 2.45) is 0 Å². The Kier molecular flexibility index (Phi) is 4.49. The van der Waals surface area contributed by atoms with E-state index in [4.69, 9.17) is 0 Å². The molecule has 96 valence electrons. The van der Waals surface area contributed by atoms with Crippen LogP contribution < -0.4 is 10.6 Å². The summed E-state index contributed by atoms with van der Waals surface area (Å²) in [6.45, 7) is 1.37. The number of aromatic amines is 1. The number of nitrogens with zero attached hydrogens (tertiary/aromatic N) is 1. The maximum absolute atomic E-state index is 11.1. The number of hydrogen-bond donors (Lipinski definition) is 3. The molecule has 0 aromatic carbocycles. The highest BCUT2D eigenvalue weighted by atomic mass is 32.1. The van der Waals surface area contributed by atoms with Crippen LogP contribution in [0.2, 0.25) is 0 Å². The van der Waals surface area contributed by atoms with E-state index in [9.17, 15) is 4.79 Å². The van der Waals surface area contributed by atoms with Gasteiger partial charge < -0.3 is 10.6 Å². The molecule has 2 aromatic rings. The minimum atomic E-state index is 0.0492. The van der Waals surface area contributed by atoms with Crippen LogP contribution in [0, 0.1) is 0 Å². The topological polar surface area (TPSA) is 69.8 Å².